The Labute approximate surface area is 158 Å². The Bertz CT molecular complexity index is 609. The minimum Gasteiger partial charge on any atom is -0.494 e. The van der Waals surface area contributed by atoms with Gasteiger partial charge in [-0.15, -0.1) is 0 Å². The quantitative estimate of drug-likeness (QED) is 0.538. The number of fused-ring (bicyclic) bond motifs is 2. The number of aliphatic hydroxyl groups is 2. The molecule has 0 saturated heterocycles. The van der Waals surface area contributed by atoms with Crippen molar-refractivity contribution < 1.29 is 14.9 Å². The Kier molecular flexibility index (Phi) is 6.77. The van der Waals surface area contributed by atoms with Gasteiger partial charge in [0.2, 0.25) is 0 Å². The molecular formula is C23H34O3. The SMILES string of the molecule is CCCCC[C@H](O)/C=C/[C@@H]1[C@H]2Cc3cccc(OCC)c3C[C@H]2C[C@H]1O. The van der Waals surface area contributed by atoms with E-state index in [0.717, 1.165) is 37.9 Å². The lowest BCUT2D eigenvalue weighted by molar-refractivity contribution is 0.140. The zero-order valence-electron chi connectivity index (χ0n) is 16.2. The maximum Gasteiger partial charge on any atom is 0.122 e. The molecule has 2 N–H and O–H groups in total. The number of rotatable bonds is 8. The molecule has 1 fully saturated rings. The van der Waals surface area contributed by atoms with Crippen molar-refractivity contribution in [2.45, 2.75) is 71.0 Å². The Morgan fingerprint density at radius 2 is 2.08 bits per heavy atom. The van der Waals surface area contributed by atoms with Gasteiger partial charge in [-0.1, -0.05) is 50.5 Å². The van der Waals surface area contributed by atoms with Gasteiger partial charge in [0.15, 0.2) is 0 Å². The summed E-state index contributed by atoms with van der Waals surface area (Å²) >= 11 is 0. The summed E-state index contributed by atoms with van der Waals surface area (Å²) < 4.78 is 5.82. The topological polar surface area (TPSA) is 49.7 Å². The molecule has 0 spiro atoms. The molecule has 0 aromatic heterocycles. The van der Waals surface area contributed by atoms with Crippen LogP contribution in [0, 0.1) is 17.8 Å². The molecule has 1 aromatic rings. The van der Waals surface area contributed by atoms with Gasteiger partial charge in [0.05, 0.1) is 18.8 Å². The first-order valence-electron chi connectivity index (χ1n) is 10.4. The molecular weight excluding hydrogens is 324 g/mol. The lowest BCUT2D eigenvalue weighted by Crippen LogP contribution is -2.26. The van der Waals surface area contributed by atoms with E-state index in [1.165, 1.54) is 24.0 Å². The second-order valence-corrected chi connectivity index (χ2v) is 7.99. The van der Waals surface area contributed by atoms with Crippen molar-refractivity contribution >= 4 is 0 Å². The molecule has 26 heavy (non-hydrogen) atoms. The molecule has 144 valence electrons. The van der Waals surface area contributed by atoms with E-state index in [9.17, 15) is 10.2 Å². The number of aliphatic hydroxyl groups excluding tert-OH is 2. The summed E-state index contributed by atoms with van der Waals surface area (Å²) in [7, 11) is 0. The van der Waals surface area contributed by atoms with Gasteiger partial charge >= 0.3 is 0 Å². The van der Waals surface area contributed by atoms with Crippen molar-refractivity contribution in [1.82, 2.24) is 0 Å². The molecule has 3 nitrogen and oxygen atoms in total. The molecule has 0 bridgehead atoms. The maximum absolute atomic E-state index is 10.6. The van der Waals surface area contributed by atoms with Crippen LogP contribution in [-0.2, 0) is 12.8 Å². The van der Waals surface area contributed by atoms with E-state index in [2.05, 4.69) is 31.2 Å². The van der Waals surface area contributed by atoms with Crippen LogP contribution in [-0.4, -0.2) is 29.0 Å². The average molecular weight is 359 g/mol. The van der Waals surface area contributed by atoms with Crippen molar-refractivity contribution in [2.75, 3.05) is 6.61 Å². The molecule has 0 radical (unpaired) electrons. The zero-order valence-corrected chi connectivity index (χ0v) is 16.2. The van der Waals surface area contributed by atoms with Gasteiger partial charge in [-0.3, -0.25) is 0 Å². The van der Waals surface area contributed by atoms with E-state index in [1.54, 1.807) is 0 Å². The molecule has 2 aliphatic carbocycles. The minimum atomic E-state index is -0.381. The van der Waals surface area contributed by atoms with Gasteiger partial charge in [-0.2, -0.15) is 0 Å². The molecule has 1 saturated carbocycles. The zero-order chi connectivity index (χ0) is 18.5. The van der Waals surface area contributed by atoms with Crippen molar-refractivity contribution in [3.05, 3.63) is 41.5 Å². The van der Waals surface area contributed by atoms with Crippen LogP contribution in [0.25, 0.3) is 0 Å². The van der Waals surface area contributed by atoms with Crippen LogP contribution in [0.3, 0.4) is 0 Å². The van der Waals surface area contributed by atoms with E-state index >= 15 is 0 Å². The molecule has 1 aromatic carbocycles. The van der Waals surface area contributed by atoms with Gasteiger partial charge in [0, 0.05) is 5.92 Å². The molecule has 0 heterocycles. The van der Waals surface area contributed by atoms with Gasteiger partial charge in [-0.25, -0.2) is 0 Å². The van der Waals surface area contributed by atoms with E-state index in [0.29, 0.717) is 18.4 Å². The normalized spacial score (nSPS) is 28.8. The van der Waals surface area contributed by atoms with Crippen LogP contribution in [0.5, 0.6) is 5.75 Å². The first-order chi connectivity index (χ1) is 12.6. The van der Waals surface area contributed by atoms with Crippen molar-refractivity contribution in [2.24, 2.45) is 17.8 Å². The lowest BCUT2D eigenvalue weighted by Gasteiger charge is -2.31. The number of benzene rings is 1. The van der Waals surface area contributed by atoms with E-state index in [1.807, 2.05) is 13.0 Å². The van der Waals surface area contributed by atoms with Gasteiger partial charge in [-0.05, 0) is 61.6 Å². The van der Waals surface area contributed by atoms with Gasteiger partial charge in [0.25, 0.3) is 0 Å². The maximum atomic E-state index is 10.6. The first-order valence-corrected chi connectivity index (χ1v) is 10.4. The number of ether oxygens (including phenoxy) is 1. The van der Waals surface area contributed by atoms with E-state index in [4.69, 9.17) is 4.74 Å². The third-order valence-corrected chi connectivity index (χ3v) is 6.20. The molecule has 3 rings (SSSR count). The predicted octanol–water partition coefficient (Wildman–Crippen LogP) is 4.29. The summed E-state index contributed by atoms with van der Waals surface area (Å²) in [6.45, 7) is 4.89. The largest absolute Gasteiger partial charge is 0.494 e. The smallest absolute Gasteiger partial charge is 0.122 e. The molecule has 0 unspecified atom stereocenters. The van der Waals surface area contributed by atoms with Gasteiger partial charge in [0.1, 0.15) is 5.75 Å². The lowest BCUT2D eigenvalue weighted by atomic mass is 9.74. The fraction of sp³-hybridized carbons (Fsp3) is 0.652. The van der Waals surface area contributed by atoms with Crippen molar-refractivity contribution in [3.8, 4) is 5.75 Å². The summed E-state index contributed by atoms with van der Waals surface area (Å²) in [6.07, 6.45) is 10.4. The number of unbranched alkanes of at least 4 members (excludes halogenated alkanes) is 2. The average Bonchev–Trinajstić information content (AvgIpc) is 2.93. The Morgan fingerprint density at radius 3 is 2.85 bits per heavy atom. The highest BCUT2D eigenvalue weighted by molar-refractivity contribution is 5.43. The van der Waals surface area contributed by atoms with Crippen molar-refractivity contribution in [3.63, 3.8) is 0 Å². The highest BCUT2D eigenvalue weighted by Crippen LogP contribution is 2.47. The van der Waals surface area contributed by atoms with Crippen LogP contribution in [0.4, 0.5) is 0 Å². The second kappa shape index (κ2) is 9.05. The monoisotopic (exact) mass is 358 g/mol. The van der Waals surface area contributed by atoms with Crippen LogP contribution in [0.2, 0.25) is 0 Å². The molecule has 3 heteroatoms. The predicted molar refractivity (Wildman–Crippen MR) is 105 cm³/mol. The molecule has 0 aliphatic heterocycles. The van der Waals surface area contributed by atoms with E-state index < -0.39 is 0 Å². The summed E-state index contributed by atoms with van der Waals surface area (Å²) in [4.78, 5) is 0. The summed E-state index contributed by atoms with van der Waals surface area (Å²) in [5.41, 5.74) is 2.71. The second-order valence-electron chi connectivity index (χ2n) is 7.99. The third kappa shape index (κ3) is 4.32. The highest BCUT2D eigenvalue weighted by Gasteiger charge is 2.44. The Balaban J connectivity index is 1.69. The van der Waals surface area contributed by atoms with Crippen LogP contribution < -0.4 is 4.74 Å². The Morgan fingerprint density at radius 1 is 1.23 bits per heavy atom. The molecule has 2 aliphatic rings. The molecule has 0 amide bonds. The third-order valence-electron chi connectivity index (χ3n) is 6.20. The number of hydrogen-bond acceptors (Lipinski definition) is 3. The Hall–Kier alpha value is -1.32. The van der Waals surface area contributed by atoms with E-state index in [-0.39, 0.29) is 18.1 Å². The van der Waals surface area contributed by atoms with Gasteiger partial charge < -0.3 is 14.9 Å². The summed E-state index contributed by atoms with van der Waals surface area (Å²) in [5.74, 6) is 2.15. The summed E-state index contributed by atoms with van der Waals surface area (Å²) in [5, 5.41) is 20.8. The number of hydrogen-bond donors (Lipinski definition) is 2. The fourth-order valence-electron chi connectivity index (χ4n) is 4.85. The van der Waals surface area contributed by atoms with Crippen LogP contribution >= 0.6 is 0 Å². The fourth-order valence-corrected chi connectivity index (χ4v) is 4.85. The van der Waals surface area contributed by atoms with Crippen molar-refractivity contribution in [1.29, 1.82) is 0 Å². The first kappa shape index (κ1) is 19.4. The minimum absolute atomic E-state index is 0.157. The summed E-state index contributed by atoms with van der Waals surface area (Å²) in [6, 6.07) is 6.36. The molecule has 5 atom stereocenters. The van der Waals surface area contributed by atoms with Crippen LogP contribution in [0.1, 0.15) is 57.1 Å². The standard InChI is InChI=1S/C23H34O3/c1-3-5-6-9-18(24)11-12-19-20-13-16-8-7-10-23(26-4-2)21(16)14-17(20)15-22(19)25/h7-8,10-12,17-20,22,24-25H,3-6,9,13-15H2,1-2H3/b12-11+/t17-,18-,19+,20-,22+/m0/s1. The van der Waals surface area contributed by atoms with Crippen LogP contribution in [0.15, 0.2) is 30.4 Å². The highest BCUT2D eigenvalue weighted by atomic mass is 16.5.